The third-order valence-corrected chi connectivity index (χ3v) is 2.26. The topological polar surface area (TPSA) is 88.0 Å². The lowest BCUT2D eigenvalue weighted by atomic mass is 10.1. The molecule has 2 rings (SSSR count). The Balaban J connectivity index is 2.29. The zero-order chi connectivity index (χ0) is 11.5. The van der Waals surface area contributed by atoms with Crippen LogP contribution in [0, 0.1) is 0 Å². The quantitative estimate of drug-likeness (QED) is 0.694. The average Bonchev–Trinajstić information content (AvgIpc) is 2.73. The van der Waals surface area contributed by atoms with Crippen molar-refractivity contribution in [1.82, 2.24) is 10.3 Å². The summed E-state index contributed by atoms with van der Waals surface area (Å²) in [7, 11) is 0. The number of nitrogens with two attached hydrogens (primary N) is 1. The first-order valence-corrected chi connectivity index (χ1v) is 4.81. The Labute approximate surface area is 91.6 Å². The Hall–Kier alpha value is -2.30. The molecule has 5 nitrogen and oxygen atoms in total. The lowest BCUT2D eigenvalue weighted by Crippen LogP contribution is -2.33. The number of rotatable bonds is 3. The molecule has 16 heavy (non-hydrogen) atoms. The second kappa shape index (κ2) is 4.06. The molecule has 0 saturated heterocycles. The molecular weight excluding hydrogens is 206 g/mol. The zero-order valence-electron chi connectivity index (χ0n) is 8.49. The molecule has 1 aromatic heterocycles. The number of amides is 2. The standard InChI is InChI=1S/C11H11N3O2/c12-10(15)6-14-11(16)8-2-1-3-9-7(8)4-5-13-9/h1-5,13H,6H2,(H2,12,15)(H,14,16). The van der Waals surface area contributed by atoms with Gasteiger partial charge in [-0.25, -0.2) is 0 Å². The third kappa shape index (κ3) is 1.88. The lowest BCUT2D eigenvalue weighted by Gasteiger charge is -2.03. The first-order chi connectivity index (χ1) is 7.68. The van der Waals surface area contributed by atoms with Gasteiger partial charge in [0.2, 0.25) is 5.91 Å². The molecule has 0 radical (unpaired) electrons. The summed E-state index contributed by atoms with van der Waals surface area (Å²) in [5.41, 5.74) is 6.36. The summed E-state index contributed by atoms with van der Waals surface area (Å²) in [6.45, 7) is -0.153. The van der Waals surface area contributed by atoms with Gasteiger partial charge >= 0.3 is 0 Å². The van der Waals surface area contributed by atoms with Crippen molar-refractivity contribution in [2.45, 2.75) is 0 Å². The van der Waals surface area contributed by atoms with E-state index in [2.05, 4.69) is 10.3 Å². The molecule has 0 aliphatic carbocycles. The maximum absolute atomic E-state index is 11.7. The Bertz CT molecular complexity index is 545. The van der Waals surface area contributed by atoms with Crippen molar-refractivity contribution in [3.05, 3.63) is 36.0 Å². The molecular formula is C11H11N3O2. The van der Waals surface area contributed by atoms with E-state index in [9.17, 15) is 9.59 Å². The molecule has 0 aliphatic rings. The third-order valence-electron chi connectivity index (χ3n) is 2.26. The second-order valence-corrected chi connectivity index (χ2v) is 3.39. The van der Waals surface area contributed by atoms with Gasteiger partial charge in [-0.2, -0.15) is 0 Å². The fourth-order valence-electron chi connectivity index (χ4n) is 1.55. The van der Waals surface area contributed by atoms with E-state index >= 15 is 0 Å². The van der Waals surface area contributed by atoms with Crippen LogP contribution in [0.3, 0.4) is 0 Å². The van der Waals surface area contributed by atoms with Crippen molar-refractivity contribution in [3.8, 4) is 0 Å². The predicted octanol–water partition coefficient (Wildman–Crippen LogP) is 0.383. The Kier molecular flexibility index (Phi) is 2.59. The van der Waals surface area contributed by atoms with Crippen molar-refractivity contribution >= 4 is 22.7 Å². The number of hydrogen-bond donors (Lipinski definition) is 3. The molecule has 0 unspecified atom stereocenters. The SMILES string of the molecule is NC(=O)CNC(=O)c1cccc2[nH]ccc12. The highest BCUT2D eigenvalue weighted by Crippen LogP contribution is 2.16. The molecule has 0 bridgehead atoms. The van der Waals surface area contributed by atoms with Crippen LogP contribution in [0.5, 0.6) is 0 Å². The van der Waals surface area contributed by atoms with Gasteiger partial charge < -0.3 is 16.0 Å². The lowest BCUT2D eigenvalue weighted by molar-refractivity contribution is -0.117. The molecule has 0 spiro atoms. The number of nitrogens with one attached hydrogen (secondary N) is 2. The van der Waals surface area contributed by atoms with Crippen LogP contribution < -0.4 is 11.1 Å². The number of carbonyl (C=O) groups excluding carboxylic acids is 2. The fraction of sp³-hybridized carbons (Fsp3) is 0.0909. The molecule has 1 aromatic carbocycles. The molecule has 0 fully saturated rings. The van der Waals surface area contributed by atoms with Crippen LogP contribution in [0.4, 0.5) is 0 Å². The van der Waals surface area contributed by atoms with E-state index in [1.165, 1.54) is 0 Å². The van der Waals surface area contributed by atoms with E-state index in [-0.39, 0.29) is 12.5 Å². The van der Waals surface area contributed by atoms with Crippen LogP contribution in [-0.2, 0) is 4.79 Å². The molecule has 0 atom stereocenters. The number of carbonyl (C=O) groups is 2. The van der Waals surface area contributed by atoms with E-state index < -0.39 is 5.91 Å². The molecule has 2 amide bonds. The summed E-state index contributed by atoms with van der Waals surface area (Å²) in [5, 5.41) is 3.28. The summed E-state index contributed by atoms with van der Waals surface area (Å²) in [5.74, 6) is -0.862. The van der Waals surface area contributed by atoms with Gasteiger partial charge in [-0.15, -0.1) is 0 Å². The smallest absolute Gasteiger partial charge is 0.252 e. The van der Waals surface area contributed by atoms with Gasteiger partial charge in [0, 0.05) is 22.7 Å². The largest absolute Gasteiger partial charge is 0.368 e. The molecule has 0 aliphatic heterocycles. The molecule has 5 heteroatoms. The van der Waals surface area contributed by atoms with Gasteiger partial charge in [-0.05, 0) is 18.2 Å². The number of primary amides is 1. The summed E-state index contributed by atoms with van der Waals surface area (Å²) >= 11 is 0. The van der Waals surface area contributed by atoms with E-state index in [1.807, 2.05) is 12.1 Å². The Morgan fingerprint density at radius 3 is 2.88 bits per heavy atom. The van der Waals surface area contributed by atoms with Gasteiger partial charge in [0.1, 0.15) is 0 Å². The average molecular weight is 217 g/mol. The van der Waals surface area contributed by atoms with Gasteiger partial charge in [0.15, 0.2) is 0 Å². The Morgan fingerprint density at radius 2 is 2.12 bits per heavy atom. The van der Waals surface area contributed by atoms with E-state index in [0.717, 1.165) is 10.9 Å². The van der Waals surface area contributed by atoms with Gasteiger partial charge in [0.25, 0.3) is 5.91 Å². The molecule has 4 N–H and O–H groups in total. The number of aromatic amines is 1. The zero-order valence-corrected chi connectivity index (χ0v) is 8.49. The summed E-state index contributed by atoms with van der Waals surface area (Å²) in [4.78, 5) is 25.3. The highest BCUT2D eigenvalue weighted by molar-refractivity contribution is 6.07. The molecule has 82 valence electrons. The van der Waals surface area contributed by atoms with Crippen molar-refractivity contribution in [1.29, 1.82) is 0 Å². The number of hydrogen-bond acceptors (Lipinski definition) is 2. The van der Waals surface area contributed by atoms with Gasteiger partial charge in [-0.3, -0.25) is 9.59 Å². The van der Waals surface area contributed by atoms with Crippen molar-refractivity contribution in [2.24, 2.45) is 5.73 Å². The molecule has 0 saturated carbocycles. The van der Waals surface area contributed by atoms with Crippen molar-refractivity contribution in [2.75, 3.05) is 6.54 Å². The Morgan fingerprint density at radius 1 is 1.31 bits per heavy atom. The van der Waals surface area contributed by atoms with Gasteiger partial charge in [-0.1, -0.05) is 6.07 Å². The summed E-state index contributed by atoms with van der Waals surface area (Å²) < 4.78 is 0. The van der Waals surface area contributed by atoms with Crippen LogP contribution in [0.25, 0.3) is 10.9 Å². The minimum atomic E-state index is -0.561. The summed E-state index contributed by atoms with van der Waals surface area (Å²) in [6, 6.07) is 7.17. The van der Waals surface area contributed by atoms with Crippen molar-refractivity contribution < 1.29 is 9.59 Å². The van der Waals surface area contributed by atoms with E-state index in [0.29, 0.717) is 5.56 Å². The molecule has 1 heterocycles. The fourth-order valence-corrected chi connectivity index (χ4v) is 1.55. The second-order valence-electron chi connectivity index (χ2n) is 3.39. The highest BCUT2D eigenvalue weighted by atomic mass is 16.2. The number of benzene rings is 1. The van der Waals surface area contributed by atoms with Crippen LogP contribution in [-0.4, -0.2) is 23.3 Å². The minimum Gasteiger partial charge on any atom is -0.368 e. The van der Waals surface area contributed by atoms with Gasteiger partial charge in [0.05, 0.1) is 6.54 Å². The maximum atomic E-state index is 11.7. The minimum absolute atomic E-state index is 0.153. The number of aromatic nitrogens is 1. The first-order valence-electron chi connectivity index (χ1n) is 4.81. The monoisotopic (exact) mass is 217 g/mol. The summed E-state index contributed by atoms with van der Waals surface area (Å²) in [6.07, 6.45) is 1.76. The maximum Gasteiger partial charge on any atom is 0.252 e. The predicted molar refractivity (Wildman–Crippen MR) is 59.8 cm³/mol. The van der Waals surface area contributed by atoms with Crippen molar-refractivity contribution in [3.63, 3.8) is 0 Å². The van der Waals surface area contributed by atoms with Crippen LogP contribution in [0.15, 0.2) is 30.5 Å². The van der Waals surface area contributed by atoms with Crippen LogP contribution in [0.2, 0.25) is 0 Å². The normalized spacial score (nSPS) is 10.2. The highest BCUT2D eigenvalue weighted by Gasteiger charge is 2.10. The van der Waals surface area contributed by atoms with E-state index in [4.69, 9.17) is 5.73 Å². The van der Waals surface area contributed by atoms with E-state index in [1.54, 1.807) is 18.3 Å². The molecule has 2 aromatic rings. The number of H-pyrrole nitrogens is 1. The number of fused-ring (bicyclic) bond motifs is 1. The first kappa shape index (κ1) is 10.2. The van der Waals surface area contributed by atoms with Crippen LogP contribution >= 0.6 is 0 Å². The van der Waals surface area contributed by atoms with Crippen LogP contribution in [0.1, 0.15) is 10.4 Å².